The summed E-state index contributed by atoms with van der Waals surface area (Å²) in [7, 11) is 1.44. The topological polar surface area (TPSA) is 26.3 Å². The van der Waals surface area contributed by atoms with Crippen LogP contribution in [0.15, 0.2) is 5.38 Å². The number of rotatable bonds is 2. The van der Waals surface area contributed by atoms with Crippen LogP contribution in [-0.2, 0) is 0 Å². The van der Waals surface area contributed by atoms with Gasteiger partial charge in [0, 0.05) is 5.38 Å². The van der Waals surface area contributed by atoms with Crippen molar-refractivity contribution in [1.29, 1.82) is 0 Å². The molecule has 0 radical (unpaired) electrons. The second kappa shape index (κ2) is 3.43. The molecule has 11 heavy (non-hydrogen) atoms. The van der Waals surface area contributed by atoms with E-state index in [1.165, 1.54) is 18.4 Å². The molecular weight excluding hydrogens is 207 g/mol. The van der Waals surface area contributed by atoms with Crippen LogP contribution in [0.3, 0.4) is 0 Å². The lowest BCUT2D eigenvalue weighted by Crippen LogP contribution is -1.90. The summed E-state index contributed by atoms with van der Waals surface area (Å²) in [6, 6.07) is 0. The molecule has 5 heteroatoms. The Bertz CT molecular complexity index is 282. The predicted octanol–water partition coefficient (Wildman–Crippen LogP) is 2.79. The highest BCUT2D eigenvalue weighted by Crippen LogP contribution is 2.35. The van der Waals surface area contributed by atoms with Gasteiger partial charge in [0.2, 0.25) is 0 Å². The molecule has 0 atom stereocenters. The molecule has 0 bridgehead atoms. The highest BCUT2D eigenvalue weighted by Gasteiger charge is 2.14. The van der Waals surface area contributed by atoms with Gasteiger partial charge in [0.15, 0.2) is 5.75 Å². The van der Waals surface area contributed by atoms with E-state index in [0.717, 1.165) is 0 Å². The van der Waals surface area contributed by atoms with Crippen LogP contribution in [0.4, 0.5) is 0 Å². The van der Waals surface area contributed by atoms with Crippen molar-refractivity contribution in [3.63, 3.8) is 0 Å². The Morgan fingerprint density at radius 3 is 2.73 bits per heavy atom. The first-order valence-electron chi connectivity index (χ1n) is 2.67. The predicted molar refractivity (Wildman–Crippen MR) is 46.1 cm³/mol. The summed E-state index contributed by atoms with van der Waals surface area (Å²) < 4.78 is 5.29. The van der Waals surface area contributed by atoms with E-state index in [0.29, 0.717) is 15.6 Å². The fourth-order valence-corrected chi connectivity index (χ4v) is 1.90. The van der Waals surface area contributed by atoms with Gasteiger partial charge < -0.3 is 4.74 Å². The number of methoxy groups -OCH3 is 1. The Balaban J connectivity index is 3.15. The van der Waals surface area contributed by atoms with Gasteiger partial charge in [0.25, 0.3) is 5.24 Å². The lowest BCUT2D eigenvalue weighted by Gasteiger charge is -1.96. The van der Waals surface area contributed by atoms with Crippen molar-refractivity contribution in [2.45, 2.75) is 0 Å². The van der Waals surface area contributed by atoms with Crippen LogP contribution in [-0.4, -0.2) is 12.4 Å². The molecule has 0 saturated carbocycles. The number of hydrogen-bond donors (Lipinski definition) is 0. The number of halogens is 2. The summed E-state index contributed by atoms with van der Waals surface area (Å²) in [5.74, 6) is 0.358. The van der Waals surface area contributed by atoms with Crippen molar-refractivity contribution in [2.24, 2.45) is 0 Å². The highest BCUT2D eigenvalue weighted by atomic mass is 35.5. The molecule has 60 valence electrons. The number of hydrogen-bond acceptors (Lipinski definition) is 3. The summed E-state index contributed by atoms with van der Waals surface area (Å²) in [5.41, 5.74) is 0.323. The maximum Gasteiger partial charge on any atom is 0.257 e. The molecule has 2 nitrogen and oxygen atoms in total. The van der Waals surface area contributed by atoms with Gasteiger partial charge in [-0.3, -0.25) is 4.79 Å². The Hall–Kier alpha value is -0.250. The van der Waals surface area contributed by atoms with Crippen molar-refractivity contribution in [2.75, 3.05) is 7.11 Å². The Morgan fingerprint density at radius 1 is 1.73 bits per heavy atom. The molecule has 0 N–H and O–H groups in total. The Morgan fingerprint density at radius 2 is 2.36 bits per heavy atom. The average molecular weight is 211 g/mol. The van der Waals surface area contributed by atoms with Gasteiger partial charge in [-0.15, -0.1) is 11.3 Å². The lowest BCUT2D eigenvalue weighted by molar-refractivity contribution is 0.107. The molecule has 0 aromatic carbocycles. The third-order valence-electron chi connectivity index (χ3n) is 1.12. The summed E-state index contributed by atoms with van der Waals surface area (Å²) in [6.45, 7) is 0. The standard InChI is InChI=1S/C6H4Cl2O2S/c1-10-4-3(5(7)9)2-11-6(4)8/h2H,1H3. The van der Waals surface area contributed by atoms with Crippen molar-refractivity contribution < 1.29 is 9.53 Å². The molecule has 1 rings (SSSR count). The molecule has 1 aromatic heterocycles. The molecule has 1 heterocycles. The third kappa shape index (κ3) is 1.67. The number of carbonyl (C=O) groups is 1. The summed E-state index contributed by atoms with van der Waals surface area (Å²) >= 11 is 12.1. The minimum Gasteiger partial charge on any atom is -0.493 e. The zero-order valence-corrected chi connectivity index (χ0v) is 7.89. The van der Waals surface area contributed by atoms with Crippen LogP contribution in [0.2, 0.25) is 4.34 Å². The van der Waals surface area contributed by atoms with Gasteiger partial charge in [-0.25, -0.2) is 0 Å². The molecule has 0 unspecified atom stereocenters. The SMILES string of the molecule is COc1c(C(=O)Cl)csc1Cl. The highest BCUT2D eigenvalue weighted by molar-refractivity contribution is 7.15. The van der Waals surface area contributed by atoms with E-state index >= 15 is 0 Å². The third-order valence-corrected chi connectivity index (χ3v) is 2.51. The largest absolute Gasteiger partial charge is 0.493 e. The average Bonchev–Trinajstić information content (AvgIpc) is 2.30. The molecular formula is C6H4Cl2O2S. The van der Waals surface area contributed by atoms with E-state index in [2.05, 4.69) is 0 Å². The van der Waals surface area contributed by atoms with Crippen LogP contribution in [0, 0.1) is 0 Å². The first kappa shape index (κ1) is 8.84. The van der Waals surface area contributed by atoms with Crippen LogP contribution in [0.25, 0.3) is 0 Å². The smallest absolute Gasteiger partial charge is 0.257 e. The quantitative estimate of drug-likeness (QED) is 0.703. The minimum atomic E-state index is -0.551. The fourth-order valence-electron chi connectivity index (χ4n) is 0.649. The van der Waals surface area contributed by atoms with E-state index in [1.807, 2.05) is 0 Å². The minimum absolute atomic E-state index is 0.323. The lowest BCUT2D eigenvalue weighted by atomic mass is 10.3. The zero-order chi connectivity index (χ0) is 8.43. The fraction of sp³-hybridized carbons (Fsp3) is 0.167. The van der Waals surface area contributed by atoms with Gasteiger partial charge in [0.1, 0.15) is 4.34 Å². The van der Waals surface area contributed by atoms with Gasteiger partial charge in [-0.05, 0) is 11.6 Å². The van der Waals surface area contributed by atoms with Gasteiger partial charge in [-0.2, -0.15) is 0 Å². The zero-order valence-electron chi connectivity index (χ0n) is 5.56. The normalized spacial score (nSPS) is 9.73. The van der Waals surface area contributed by atoms with Crippen molar-refractivity contribution in [3.05, 3.63) is 15.3 Å². The van der Waals surface area contributed by atoms with E-state index in [-0.39, 0.29) is 0 Å². The Labute approximate surface area is 77.7 Å². The summed E-state index contributed by atoms with van der Waals surface area (Å²) in [5, 5.41) is 1.02. The first-order valence-corrected chi connectivity index (χ1v) is 4.31. The number of carbonyl (C=O) groups excluding carboxylic acids is 1. The van der Waals surface area contributed by atoms with Crippen molar-refractivity contribution in [3.8, 4) is 5.75 Å². The molecule has 0 aliphatic heterocycles. The van der Waals surface area contributed by atoms with Crippen molar-refractivity contribution >= 4 is 39.8 Å². The number of ether oxygens (including phenoxy) is 1. The molecule has 0 aliphatic rings. The maximum atomic E-state index is 10.7. The van der Waals surface area contributed by atoms with E-state index in [1.54, 1.807) is 5.38 Å². The van der Waals surface area contributed by atoms with Gasteiger partial charge in [-0.1, -0.05) is 11.6 Å². The van der Waals surface area contributed by atoms with Crippen LogP contribution < -0.4 is 4.74 Å². The second-order valence-corrected chi connectivity index (χ2v) is 3.56. The van der Waals surface area contributed by atoms with E-state index in [9.17, 15) is 4.79 Å². The molecule has 0 saturated heterocycles. The molecule has 0 aliphatic carbocycles. The Kier molecular flexibility index (Phi) is 2.76. The first-order chi connectivity index (χ1) is 5.16. The molecule has 1 aromatic rings. The van der Waals surface area contributed by atoms with Crippen LogP contribution in [0.5, 0.6) is 5.75 Å². The van der Waals surface area contributed by atoms with E-state index in [4.69, 9.17) is 27.9 Å². The molecule has 0 spiro atoms. The second-order valence-electron chi connectivity index (χ2n) is 1.73. The van der Waals surface area contributed by atoms with E-state index < -0.39 is 5.24 Å². The van der Waals surface area contributed by atoms with Crippen molar-refractivity contribution in [1.82, 2.24) is 0 Å². The summed E-state index contributed by atoms with van der Waals surface area (Å²) in [4.78, 5) is 10.7. The number of thiophene rings is 1. The van der Waals surface area contributed by atoms with Gasteiger partial charge in [0.05, 0.1) is 12.7 Å². The monoisotopic (exact) mass is 210 g/mol. The van der Waals surface area contributed by atoms with Crippen LogP contribution in [0.1, 0.15) is 10.4 Å². The summed E-state index contributed by atoms with van der Waals surface area (Å²) in [6.07, 6.45) is 0. The van der Waals surface area contributed by atoms with Crippen LogP contribution >= 0.6 is 34.5 Å². The molecule has 0 fully saturated rings. The maximum absolute atomic E-state index is 10.7. The van der Waals surface area contributed by atoms with Gasteiger partial charge >= 0.3 is 0 Å². The molecule has 0 amide bonds.